The van der Waals surface area contributed by atoms with Gasteiger partial charge in [-0.2, -0.15) is 0 Å². The molecule has 0 N–H and O–H groups in total. The number of amides is 1. The lowest BCUT2D eigenvalue weighted by molar-refractivity contribution is -0.0273. The molecule has 2 heterocycles. The average molecular weight is 396 g/mol. The van der Waals surface area contributed by atoms with E-state index in [9.17, 15) is 4.79 Å². The number of piperidine rings is 1. The van der Waals surface area contributed by atoms with Crippen molar-refractivity contribution in [3.8, 4) is 5.75 Å². The molecule has 1 aromatic rings. The van der Waals surface area contributed by atoms with Crippen LogP contribution in [0.15, 0.2) is 16.6 Å². The Morgan fingerprint density at radius 3 is 2.54 bits per heavy atom. The molecule has 2 aliphatic rings. The molecule has 1 spiro atoms. The second-order valence-corrected chi connectivity index (χ2v) is 8.76. The topological polar surface area (TPSA) is 38.8 Å². The lowest BCUT2D eigenvalue weighted by Gasteiger charge is -2.45. The average Bonchev–Trinajstić information content (AvgIpc) is 2.50. The maximum Gasteiger partial charge on any atom is 0.410 e. The summed E-state index contributed by atoms with van der Waals surface area (Å²) in [5, 5.41) is 0. The molecular weight excluding hydrogens is 370 g/mol. The second kappa shape index (κ2) is 6.25. The second-order valence-electron chi connectivity index (χ2n) is 7.90. The molecule has 0 saturated carbocycles. The van der Waals surface area contributed by atoms with Crippen molar-refractivity contribution in [1.82, 2.24) is 4.90 Å². The molecular formula is C19H26BrNO3. The number of nitrogens with zero attached hydrogens (tertiary/aromatic N) is 1. The maximum absolute atomic E-state index is 12.2. The SMILES string of the molecule is Cc1c(Br)ccc2c1CCC1(CCN(C(=O)OC(C)(C)C)CC1)O2. The third kappa shape index (κ3) is 3.56. The first-order valence-corrected chi connectivity index (χ1v) is 9.43. The van der Waals surface area contributed by atoms with Gasteiger partial charge < -0.3 is 14.4 Å². The first-order valence-electron chi connectivity index (χ1n) is 8.64. The van der Waals surface area contributed by atoms with E-state index in [0.717, 1.165) is 35.9 Å². The van der Waals surface area contributed by atoms with E-state index in [0.29, 0.717) is 13.1 Å². The number of ether oxygens (including phenoxy) is 2. The van der Waals surface area contributed by atoms with Gasteiger partial charge in [0.2, 0.25) is 0 Å². The van der Waals surface area contributed by atoms with Crippen LogP contribution >= 0.6 is 15.9 Å². The Hall–Kier alpha value is -1.23. The summed E-state index contributed by atoms with van der Waals surface area (Å²) < 4.78 is 13.0. The van der Waals surface area contributed by atoms with Crippen LogP contribution in [0.25, 0.3) is 0 Å². The number of halogens is 1. The Kier molecular flexibility index (Phi) is 4.58. The third-order valence-electron chi connectivity index (χ3n) is 4.97. The van der Waals surface area contributed by atoms with Gasteiger partial charge in [-0.25, -0.2) is 4.79 Å². The van der Waals surface area contributed by atoms with E-state index >= 15 is 0 Å². The van der Waals surface area contributed by atoms with E-state index in [4.69, 9.17) is 9.47 Å². The minimum atomic E-state index is -0.447. The molecule has 0 aliphatic carbocycles. The summed E-state index contributed by atoms with van der Waals surface area (Å²) in [6, 6.07) is 4.12. The van der Waals surface area contributed by atoms with Gasteiger partial charge in [0.15, 0.2) is 0 Å². The molecule has 0 radical (unpaired) electrons. The first-order chi connectivity index (χ1) is 11.2. The minimum absolute atomic E-state index is 0.133. The number of hydrogen-bond donors (Lipinski definition) is 0. The molecule has 2 aliphatic heterocycles. The molecule has 0 atom stereocenters. The predicted molar refractivity (Wildman–Crippen MR) is 97.6 cm³/mol. The highest BCUT2D eigenvalue weighted by molar-refractivity contribution is 9.10. The van der Waals surface area contributed by atoms with Crippen molar-refractivity contribution in [2.45, 2.75) is 64.6 Å². The molecule has 0 unspecified atom stereocenters. The van der Waals surface area contributed by atoms with Crippen molar-refractivity contribution in [3.63, 3.8) is 0 Å². The van der Waals surface area contributed by atoms with E-state index in [1.54, 1.807) is 0 Å². The van der Waals surface area contributed by atoms with Crippen LogP contribution in [0.3, 0.4) is 0 Å². The van der Waals surface area contributed by atoms with Gasteiger partial charge in [-0.1, -0.05) is 15.9 Å². The zero-order valence-electron chi connectivity index (χ0n) is 14.9. The van der Waals surface area contributed by atoms with E-state index in [1.807, 2.05) is 25.7 Å². The molecule has 1 fully saturated rings. The lowest BCUT2D eigenvalue weighted by atomic mass is 9.82. The van der Waals surface area contributed by atoms with Gasteiger partial charge in [0, 0.05) is 30.4 Å². The van der Waals surface area contributed by atoms with Gasteiger partial charge in [-0.3, -0.25) is 0 Å². The standard InChI is InChI=1S/C19H26BrNO3/c1-13-14-7-8-19(23-16(14)6-5-15(13)20)9-11-21(12-10-19)17(22)24-18(2,3)4/h5-6H,7-12H2,1-4H3. The van der Waals surface area contributed by atoms with Crippen LogP contribution in [-0.2, 0) is 11.2 Å². The highest BCUT2D eigenvalue weighted by atomic mass is 79.9. The Bertz CT molecular complexity index is 643. The number of carbonyl (C=O) groups excluding carboxylic acids is 1. The molecule has 1 amide bonds. The number of fused-ring (bicyclic) bond motifs is 1. The molecule has 24 heavy (non-hydrogen) atoms. The Labute approximate surface area is 152 Å². The summed E-state index contributed by atoms with van der Waals surface area (Å²) in [7, 11) is 0. The first kappa shape index (κ1) is 17.6. The summed E-state index contributed by atoms with van der Waals surface area (Å²) in [5.74, 6) is 1.01. The molecule has 3 rings (SSSR count). The van der Waals surface area contributed by atoms with Crippen LogP contribution in [0, 0.1) is 6.92 Å². The quantitative estimate of drug-likeness (QED) is 0.629. The number of hydrogen-bond acceptors (Lipinski definition) is 3. The van der Waals surface area contributed by atoms with Gasteiger partial charge in [-0.15, -0.1) is 0 Å². The smallest absolute Gasteiger partial charge is 0.410 e. The van der Waals surface area contributed by atoms with E-state index in [1.165, 1.54) is 11.1 Å². The van der Waals surface area contributed by atoms with Gasteiger partial charge >= 0.3 is 6.09 Å². The molecule has 4 nitrogen and oxygen atoms in total. The molecule has 132 valence electrons. The molecule has 1 saturated heterocycles. The van der Waals surface area contributed by atoms with E-state index in [-0.39, 0.29) is 11.7 Å². The fraction of sp³-hybridized carbons (Fsp3) is 0.632. The predicted octanol–water partition coefficient (Wildman–Crippen LogP) is 4.85. The molecule has 0 aromatic heterocycles. The van der Waals surface area contributed by atoms with Crippen molar-refractivity contribution in [3.05, 3.63) is 27.7 Å². The normalized spacial score (nSPS) is 19.6. The van der Waals surface area contributed by atoms with Crippen LogP contribution in [0.4, 0.5) is 4.79 Å². The summed E-state index contributed by atoms with van der Waals surface area (Å²) >= 11 is 3.60. The highest BCUT2D eigenvalue weighted by Crippen LogP contribution is 2.42. The van der Waals surface area contributed by atoms with Gasteiger partial charge in [0.25, 0.3) is 0 Å². The Morgan fingerprint density at radius 2 is 1.92 bits per heavy atom. The molecule has 5 heteroatoms. The van der Waals surface area contributed by atoms with Crippen molar-refractivity contribution < 1.29 is 14.3 Å². The Morgan fingerprint density at radius 1 is 1.25 bits per heavy atom. The fourth-order valence-corrected chi connectivity index (χ4v) is 3.89. The summed E-state index contributed by atoms with van der Waals surface area (Å²) in [4.78, 5) is 14.0. The van der Waals surface area contributed by atoms with Gasteiger partial charge in [0.1, 0.15) is 17.0 Å². The van der Waals surface area contributed by atoms with Crippen molar-refractivity contribution in [2.24, 2.45) is 0 Å². The van der Waals surface area contributed by atoms with E-state index in [2.05, 4.69) is 35.0 Å². The molecule has 0 bridgehead atoms. The Balaban J connectivity index is 1.66. The summed E-state index contributed by atoms with van der Waals surface area (Å²) in [6.45, 7) is 9.23. The zero-order chi connectivity index (χ0) is 17.5. The number of carbonyl (C=O) groups is 1. The van der Waals surface area contributed by atoms with Crippen LogP contribution in [0.5, 0.6) is 5.75 Å². The summed E-state index contributed by atoms with van der Waals surface area (Å²) in [5.41, 5.74) is 2.00. The third-order valence-corrected chi connectivity index (χ3v) is 5.83. The minimum Gasteiger partial charge on any atom is -0.487 e. The van der Waals surface area contributed by atoms with Crippen LogP contribution in [0.1, 0.15) is 51.2 Å². The largest absolute Gasteiger partial charge is 0.487 e. The van der Waals surface area contributed by atoms with Gasteiger partial charge in [-0.05, 0) is 63.8 Å². The van der Waals surface area contributed by atoms with E-state index < -0.39 is 5.60 Å². The van der Waals surface area contributed by atoms with Crippen LogP contribution in [-0.4, -0.2) is 35.3 Å². The lowest BCUT2D eigenvalue weighted by Crippen LogP contribution is -2.52. The number of likely N-dealkylation sites (tertiary alicyclic amines) is 1. The van der Waals surface area contributed by atoms with Gasteiger partial charge in [0.05, 0.1) is 0 Å². The maximum atomic E-state index is 12.2. The highest BCUT2D eigenvalue weighted by Gasteiger charge is 2.41. The van der Waals surface area contributed by atoms with Crippen molar-refractivity contribution >= 4 is 22.0 Å². The van der Waals surface area contributed by atoms with Crippen LogP contribution < -0.4 is 4.74 Å². The zero-order valence-corrected chi connectivity index (χ0v) is 16.5. The van der Waals surface area contributed by atoms with Crippen LogP contribution in [0.2, 0.25) is 0 Å². The summed E-state index contributed by atoms with van der Waals surface area (Å²) in [6.07, 6.45) is 3.56. The molecule has 1 aromatic carbocycles. The van der Waals surface area contributed by atoms with Crippen molar-refractivity contribution in [2.75, 3.05) is 13.1 Å². The van der Waals surface area contributed by atoms with Crippen molar-refractivity contribution in [1.29, 1.82) is 0 Å². The number of rotatable bonds is 0. The monoisotopic (exact) mass is 395 g/mol. The number of benzene rings is 1. The fourth-order valence-electron chi connectivity index (χ4n) is 3.52.